The maximum absolute atomic E-state index is 13.6. The van der Waals surface area contributed by atoms with E-state index in [0.29, 0.717) is 23.4 Å². The third-order valence-electron chi connectivity index (χ3n) is 6.24. The number of hydrogen-bond donors (Lipinski definition) is 1. The van der Waals surface area contributed by atoms with Crippen molar-refractivity contribution in [1.29, 1.82) is 0 Å². The maximum atomic E-state index is 13.6. The Morgan fingerprint density at radius 1 is 0.939 bits per heavy atom. The highest BCUT2D eigenvalue weighted by Crippen LogP contribution is 2.45. The van der Waals surface area contributed by atoms with E-state index in [4.69, 9.17) is 0 Å². The lowest BCUT2D eigenvalue weighted by Crippen LogP contribution is -2.41. The molecule has 0 fully saturated rings. The number of hydrogen-bond acceptors (Lipinski definition) is 3. The van der Waals surface area contributed by atoms with Gasteiger partial charge in [-0.3, -0.25) is 9.59 Å². The lowest BCUT2D eigenvalue weighted by Gasteiger charge is -2.23. The van der Waals surface area contributed by atoms with Crippen molar-refractivity contribution in [3.8, 4) is 0 Å². The first kappa shape index (κ1) is 21.6. The number of Topliss-reactive ketones (excluding diaryl/α,β-unsaturated/α-hetero) is 1. The van der Waals surface area contributed by atoms with Gasteiger partial charge in [0.15, 0.2) is 11.4 Å². The summed E-state index contributed by atoms with van der Waals surface area (Å²) in [7, 11) is 0. The van der Waals surface area contributed by atoms with Crippen LogP contribution in [0.2, 0.25) is 0 Å². The SMILES string of the molecule is Cc1ccc(C(=O)C[C@@]2(O)C(=O)N(Cc3ccc4ccccc4c3)c3ccc(Br)cc32)cc1. The quantitative estimate of drug-likeness (QED) is 0.346. The van der Waals surface area contributed by atoms with E-state index >= 15 is 0 Å². The minimum absolute atomic E-state index is 0.274. The minimum Gasteiger partial charge on any atom is -0.375 e. The Bertz CT molecular complexity index is 1400. The number of fused-ring (bicyclic) bond motifs is 2. The zero-order valence-electron chi connectivity index (χ0n) is 18.1. The van der Waals surface area contributed by atoms with Gasteiger partial charge in [-0.25, -0.2) is 0 Å². The predicted octanol–water partition coefficient (Wildman–Crippen LogP) is 5.92. The molecule has 0 aromatic heterocycles. The summed E-state index contributed by atoms with van der Waals surface area (Å²) in [5, 5.41) is 13.8. The van der Waals surface area contributed by atoms with Crippen LogP contribution in [0.1, 0.15) is 33.5 Å². The molecule has 33 heavy (non-hydrogen) atoms. The number of amides is 1. The molecular formula is C28H22BrNO3. The molecule has 164 valence electrons. The summed E-state index contributed by atoms with van der Waals surface area (Å²) in [6, 6.07) is 26.7. The molecule has 4 aromatic rings. The van der Waals surface area contributed by atoms with Crippen LogP contribution in [0.3, 0.4) is 0 Å². The summed E-state index contributed by atoms with van der Waals surface area (Å²) >= 11 is 3.44. The van der Waals surface area contributed by atoms with Crippen molar-refractivity contribution in [2.45, 2.75) is 25.5 Å². The van der Waals surface area contributed by atoms with E-state index < -0.39 is 11.5 Å². The highest BCUT2D eigenvalue weighted by Gasteiger charge is 2.51. The zero-order valence-corrected chi connectivity index (χ0v) is 19.7. The van der Waals surface area contributed by atoms with Crippen LogP contribution in [0.15, 0.2) is 89.4 Å². The molecule has 4 nitrogen and oxygen atoms in total. The first-order valence-electron chi connectivity index (χ1n) is 10.8. The van der Waals surface area contributed by atoms with Crippen molar-refractivity contribution >= 4 is 44.1 Å². The van der Waals surface area contributed by atoms with Crippen molar-refractivity contribution in [1.82, 2.24) is 0 Å². The number of anilines is 1. The second-order valence-corrected chi connectivity index (χ2v) is 9.48. The largest absolute Gasteiger partial charge is 0.375 e. The first-order chi connectivity index (χ1) is 15.8. The molecular weight excluding hydrogens is 478 g/mol. The van der Waals surface area contributed by atoms with E-state index in [-0.39, 0.29) is 12.2 Å². The maximum Gasteiger partial charge on any atom is 0.264 e. The third kappa shape index (κ3) is 3.88. The number of nitrogens with zero attached hydrogens (tertiary/aromatic N) is 1. The normalized spacial score (nSPS) is 17.4. The van der Waals surface area contributed by atoms with Gasteiger partial charge >= 0.3 is 0 Å². The van der Waals surface area contributed by atoms with Crippen molar-refractivity contribution in [2.75, 3.05) is 4.90 Å². The molecule has 0 saturated heterocycles. The monoisotopic (exact) mass is 499 g/mol. The molecule has 5 heteroatoms. The van der Waals surface area contributed by atoms with Crippen LogP contribution in [0.5, 0.6) is 0 Å². The molecule has 0 unspecified atom stereocenters. The van der Waals surface area contributed by atoms with E-state index in [9.17, 15) is 14.7 Å². The smallest absolute Gasteiger partial charge is 0.264 e. The van der Waals surface area contributed by atoms with Gasteiger partial charge in [0, 0.05) is 15.6 Å². The Morgan fingerprint density at radius 2 is 1.67 bits per heavy atom. The topological polar surface area (TPSA) is 57.6 Å². The number of halogens is 1. The van der Waals surface area contributed by atoms with Crippen molar-refractivity contribution in [3.63, 3.8) is 0 Å². The summed E-state index contributed by atoms with van der Waals surface area (Å²) in [5.41, 5.74) is 1.62. The first-order valence-corrected chi connectivity index (χ1v) is 11.6. The van der Waals surface area contributed by atoms with Gasteiger partial charge < -0.3 is 10.0 Å². The third-order valence-corrected chi connectivity index (χ3v) is 6.73. The minimum atomic E-state index is -1.92. The van der Waals surface area contributed by atoms with Gasteiger partial charge in [-0.2, -0.15) is 0 Å². The van der Waals surface area contributed by atoms with Crippen LogP contribution < -0.4 is 4.90 Å². The van der Waals surface area contributed by atoms with Crippen LogP contribution in [0.4, 0.5) is 5.69 Å². The van der Waals surface area contributed by atoms with Gasteiger partial charge in [0.1, 0.15) is 0 Å². The van der Waals surface area contributed by atoms with Crippen LogP contribution in [-0.2, 0) is 16.9 Å². The predicted molar refractivity (Wildman–Crippen MR) is 133 cm³/mol. The molecule has 1 atom stereocenters. The second-order valence-electron chi connectivity index (χ2n) is 8.56. The Balaban J connectivity index is 1.50. The van der Waals surface area contributed by atoms with Crippen LogP contribution >= 0.6 is 15.9 Å². The van der Waals surface area contributed by atoms with Gasteiger partial charge in [-0.05, 0) is 47.5 Å². The summed E-state index contributed by atoms with van der Waals surface area (Å²) in [6.07, 6.45) is -0.313. The van der Waals surface area contributed by atoms with Crippen molar-refractivity contribution in [3.05, 3.63) is 112 Å². The average molecular weight is 500 g/mol. The number of benzene rings is 4. The Kier molecular flexibility index (Phi) is 5.39. The van der Waals surface area contributed by atoms with Crippen LogP contribution in [0, 0.1) is 6.92 Å². The second kappa shape index (κ2) is 8.25. The van der Waals surface area contributed by atoms with Crippen molar-refractivity contribution < 1.29 is 14.7 Å². The van der Waals surface area contributed by atoms with Crippen molar-refractivity contribution in [2.24, 2.45) is 0 Å². The Hall–Kier alpha value is -3.28. The summed E-state index contributed by atoms with van der Waals surface area (Å²) in [4.78, 5) is 28.2. The van der Waals surface area contributed by atoms with E-state index in [2.05, 4.69) is 22.0 Å². The van der Waals surface area contributed by atoms with E-state index in [1.54, 1.807) is 23.1 Å². The molecule has 0 bridgehead atoms. The van der Waals surface area contributed by atoms with Gasteiger partial charge in [-0.1, -0.05) is 82.2 Å². The fourth-order valence-electron chi connectivity index (χ4n) is 4.44. The average Bonchev–Trinajstić information content (AvgIpc) is 3.00. The molecule has 4 aromatic carbocycles. The van der Waals surface area contributed by atoms with Gasteiger partial charge in [-0.15, -0.1) is 0 Å². The highest BCUT2D eigenvalue weighted by atomic mass is 79.9. The standard InChI is InChI=1S/C28H22BrNO3/c1-18-6-9-21(10-7-18)26(31)16-28(33)24-15-23(29)12-13-25(24)30(27(28)32)17-19-8-11-20-4-2-3-5-22(20)14-19/h2-15,33H,16-17H2,1H3/t28-/m0/s1. The van der Waals surface area contributed by atoms with Gasteiger partial charge in [0.2, 0.25) is 0 Å². The molecule has 0 radical (unpaired) electrons. The van der Waals surface area contributed by atoms with Gasteiger partial charge in [0.05, 0.1) is 18.7 Å². The molecule has 5 rings (SSSR count). The Labute approximate surface area is 200 Å². The lowest BCUT2D eigenvalue weighted by molar-refractivity contribution is -0.136. The van der Waals surface area contributed by atoms with E-state index in [1.807, 2.05) is 67.6 Å². The zero-order chi connectivity index (χ0) is 23.2. The summed E-state index contributed by atoms with van der Waals surface area (Å²) < 4.78 is 0.739. The Morgan fingerprint density at radius 3 is 2.42 bits per heavy atom. The molecule has 1 aliphatic heterocycles. The molecule has 0 spiro atoms. The summed E-state index contributed by atoms with van der Waals surface area (Å²) in [6.45, 7) is 2.25. The fourth-order valence-corrected chi connectivity index (χ4v) is 4.81. The van der Waals surface area contributed by atoms with Crippen LogP contribution in [0.25, 0.3) is 10.8 Å². The van der Waals surface area contributed by atoms with Crippen LogP contribution in [-0.4, -0.2) is 16.8 Å². The number of aliphatic hydroxyl groups is 1. The number of carbonyl (C=O) groups is 2. The van der Waals surface area contributed by atoms with Gasteiger partial charge in [0.25, 0.3) is 5.91 Å². The molecule has 1 amide bonds. The van der Waals surface area contributed by atoms with E-state index in [0.717, 1.165) is 26.4 Å². The lowest BCUT2D eigenvalue weighted by atomic mass is 9.88. The number of aryl methyl sites for hydroxylation is 1. The molecule has 1 N–H and O–H groups in total. The molecule has 1 aliphatic rings. The number of carbonyl (C=O) groups excluding carboxylic acids is 2. The number of ketones is 1. The molecule has 0 aliphatic carbocycles. The summed E-state index contributed by atoms with van der Waals surface area (Å²) in [5.74, 6) is -0.756. The number of rotatable bonds is 5. The molecule has 1 heterocycles. The van der Waals surface area contributed by atoms with E-state index in [1.165, 1.54) is 0 Å². The highest BCUT2D eigenvalue weighted by molar-refractivity contribution is 9.10. The fraction of sp³-hybridized carbons (Fsp3) is 0.143. The molecule has 0 saturated carbocycles.